The van der Waals surface area contributed by atoms with Crippen LogP contribution in [0.4, 0.5) is 13.2 Å². The molecule has 0 bridgehead atoms. The highest BCUT2D eigenvalue weighted by molar-refractivity contribution is 7.89. The molecule has 0 amide bonds. The molecule has 1 aromatic rings. The molecule has 0 saturated carbocycles. The Bertz CT molecular complexity index is 602. The number of aliphatic hydroxyl groups is 1. The van der Waals surface area contributed by atoms with Crippen LogP contribution in [-0.2, 0) is 10.0 Å². The van der Waals surface area contributed by atoms with Crippen LogP contribution in [0.1, 0.15) is 5.56 Å². The van der Waals surface area contributed by atoms with Gasteiger partial charge in [-0.15, -0.1) is 0 Å². The molecule has 1 heterocycles. The van der Waals surface area contributed by atoms with Crippen LogP contribution in [-0.4, -0.2) is 37.8 Å². The Morgan fingerprint density at radius 1 is 1.37 bits per heavy atom. The van der Waals surface area contributed by atoms with Gasteiger partial charge in [-0.3, -0.25) is 4.98 Å². The summed E-state index contributed by atoms with van der Waals surface area (Å²) in [5, 5.41) is 8.48. The van der Waals surface area contributed by atoms with Gasteiger partial charge >= 0.3 is 6.18 Å². The molecule has 0 aliphatic rings. The van der Waals surface area contributed by atoms with Crippen molar-refractivity contribution < 1.29 is 26.7 Å². The van der Waals surface area contributed by atoms with E-state index in [9.17, 15) is 21.6 Å². The van der Waals surface area contributed by atoms with Crippen molar-refractivity contribution in [3.63, 3.8) is 0 Å². The fraction of sp³-hybridized carbons (Fsp3) is 0.300. The lowest BCUT2D eigenvalue weighted by atomic mass is 10.3. The summed E-state index contributed by atoms with van der Waals surface area (Å²) in [6, 6.07) is 1.06. The van der Waals surface area contributed by atoms with E-state index in [1.54, 1.807) is 0 Å². The Hall–Kier alpha value is -1.63. The molecule has 0 aromatic carbocycles. The Kier molecular flexibility index (Phi) is 4.88. The van der Waals surface area contributed by atoms with Gasteiger partial charge in [0.15, 0.2) is 0 Å². The van der Waals surface area contributed by atoms with Crippen molar-refractivity contribution in [2.24, 2.45) is 0 Å². The summed E-state index contributed by atoms with van der Waals surface area (Å²) in [6.07, 6.45) is -2.51. The molecular formula is C10H9F3N2O3S. The van der Waals surface area contributed by atoms with Gasteiger partial charge in [-0.2, -0.15) is 13.2 Å². The van der Waals surface area contributed by atoms with Crippen LogP contribution < -0.4 is 4.72 Å². The van der Waals surface area contributed by atoms with Gasteiger partial charge in [-0.1, -0.05) is 11.8 Å². The van der Waals surface area contributed by atoms with E-state index in [-0.39, 0.29) is 5.56 Å². The number of hydrogen-bond donors (Lipinski definition) is 2. The van der Waals surface area contributed by atoms with Gasteiger partial charge in [-0.05, 0) is 6.07 Å². The Morgan fingerprint density at radius 3 is 2.63 bits per heavy atom. The topological polar surface area (TPSA) is 79.3 Å². The van der Waals surface area contributed by atoms with E-state index in [1.165, 1.54) is 10.9 Å². The summed E-state index contributed by atoms with van der Waals surface area (Å²) in [5.41, 5.74) is 0.170. The van der Waals surface area contributed by atoms with E-state index < -0.39 is 34.2 Å². The summed E-state index contributed by atoms with van der Waals surface area (Å²) >= 11 is 0. The highest BCUT2D eigenvalue weighted by atomic mass is 32.2. The molecule has 19 heavy (non-hydrogen) atoms. The highest BCUT2D eigenvalue weighted by Crippen LogP contribution is 2.15. The lowest BCUT2D eigenvalue weighted by Crippen LogP contribution is -2.33. The van der Waals surface area contributed by atoms with E-state index in [2.05, 4.69) is 16.8 Å². The second-order valence-electron chi connectivity index (χ2n) is 3.31. The highest BCUT2D eigenvalue weighted by Gasteiger charge is 2.30. The monoisotopic (exact) mass is 294 g/mol. The first kappa shape index (κ1) is 15.4. The number of hydrogen-bond acceptors (Lipinski definition) is 4. The minimum atomic E-state index is -4.64. The van der Waals surface area contributed by atoms with Gasteiger partial charge in [0.25, 0.3) is 0 Å². The number of aliphatic hydroxyl groups excluding tert-OH is 1. The van der Waals surface area contributed by atoms with Crippen molar-refractivity contribution >= 4 is 10.0 Å². The van der Waals surface area contributed by atoms with Crippen LogP contribution >= 0.6 is 0 Å². The van der Waals surface area contributed by atoms with Crippen LogP contribution in [0.25, 0.3) is 0 Å². The van der Waals surface area contributed by atoms with Crippen molar-refractivity contribution in [3.05, 3.63) is 24.0 Å². The SMILES string of the molecule is O=S(=O)(NCC(F)(F)F)c1cncc(C#CCO)c1. The number of sulfonamides is 1. The average molecular weight is 294 g/mol. The first-order valence-corrected chi connectivity index (χ1v) is 6.34. The normalized spacial score (nSPS) is 11.8. The second kappa shape index (κ2) is 6.01. The lowest BCUT2D eigenvalue weighted by Gasteiger charge is -2.09. The maximum absolute atomic E-state index is 12.0. The molecule has 0 unspecified atom stereocenters. The van der Waals surface area contributed by atoms with Crippen LogP contribution in [0.3, 0.4) is 0 Å². The van der Waals surface area contributed by atoms with Crippen molar-refractivity contribution in [2.75, 3.05) is 13.2 Å². The molecule has 1 aromatic heterocycles. The van der Waals surface area contributed by atoms with Crippen LogP contribution in [0.5, 0.6) is 0 Å². The standard InChI is InChI=1S/C10H9F3N2O3S/c11-10(12,13)7-15-19(17,18)9-4-8(2-1-3-16)5-14-6-9/h4-6,15-16H,3,7H2. The molecule has 1 rings (SSSR count). The third kappa shape index (κ3) is 5.25. The quantitative estimate of drug-likeness (QED) is 0.784. The molecular weight excluding hydrogens is 285 g/mol. The number of nitrogens with one attached hydrogen (secondary N) is 1. The third-order valence-corrected chi connectivity index (χ3v) is 3.17. The number of aromatic nitrogens is 1. The zero-order valence-electron chi connectivity index (χ0n) is 9.40. The fourth-order valence-corrected chi connectivity index (χ4v) is 2.04. The van der Waals surface area contributed by atoms with E-state index in [0.717, 1.165) is 12.3 Å². The maximum atomic E-state index is 12.0. The van der Waals surface area contributed by atoms with Crippen LogP contribution in [0.2, 0.25) is 0 Å². The van der Waals surface area contributed by atoms with Gasteiger partial charge in [0.05, 0.1) is 0 Å². The number of nitrogens with zero attached hydrogens (tertiary/aromatic N) is 1. The fourth-order valence-electron chi connectivity index (χ4n) is 1.04. The smallest absolute Gasteiger partial charge is 0.384 e. The zero-order chi connectivity index (χ0) is 14.5. The number of pyridine rings is 1. The van der Waals surface area contributed by atoms with Crippen molar-refractivity contribution in [3.8, 4) is 11.8 Å². The summed E-state index contributed by atoms with van der Waals surface area (Å²) in [6.45, 7) is -2.09. The maximum Gasteiger partial charge on any atom is 0.402 e. The van der Waals surface area contributed by atoms with Gasteiger partial charge in [0.2, 0.25) is 10.0 Å². The largest absolute Gasteiger partial charge is 0.402 e. The Balaban J connectivity index is 2.96. The molecule has 104 valence electrons. The van der Waals surface area contributed by atoms with Crippen molar-refractivity contribution in [1.82, 2.24) is 9.71 Å². The summed E-state index contributed by atoms with van der Waals surface area (Å²) in [7, 11) is -4.30. The summed E-state index contributed by atoms with van der Waals surface area (Å²) < 4.78 is 60.4. The number of halogens is 3. The predicted octanol–water partition coefficient (Wildman–Crippen LogP) is 0.266. The van der Waals surface area contributed by atoms with Crippen molar-refractivity contribution in [1.29, 1.82) is 0 Å². The minimum Gasteiger partial charge on any atom is -0.384 e. The molecule has 0 aliphatic carbocycles. The van der Waals surface area contributed by atoms with Gasteiger partial charge in [-0.25, -0.2) is 13.1 Å². The first-order valence-electron chi connectivity index (χ1n) is 4.86. The van der Waals surface area contributed by atoms with Crippen LogP contribution in [0, 0.1) is 11.8 Å². The summed E-state index contributed by atoms with van der Waals surface area (Å²) in [5.74, 6) is 4.67. The Labute approximate surface area is 107 Å². The second-order valence-corrected chi connectivity index (χ2v) is 5.08. The minimum absolute atomic E-state index is 0.170. The molecule has 9 heteroatoms. The molecule has 0 fully saturated rings. The predicted molar refractivity (Wildman–Crippen MR) is 59.4 cm³/mol. The van der Waals surface area contributed by atoms with E-state index >= 15 is 0 Å². The van der Waals surface area contributed by atoms with Gasteiger partial charge < -0.3 is 5.11 Å². The molecule has 0 radical (unpaired) electrons. The molecule has 0 aliphatic heterocycles. The van der Waals surface area contributed by atoms with E-state index in [1.807, 2.05) is 0 Å². The van der Waals surface area contributed by atoms with Gasteiger partial charge in [0.1, 0.15) is 18.0 Å². The molecule has 2 N–H and O–H groups in total. The molecule has 5 nitrogen and oxygen atoms in total. The number of rotatable bonds is 3. The lowest BCUT2D eigenvalue weighted by molar-refractivity contribution is -0.121. The summed E-state index contributed by atoms with van der Waals surface area (Å²) in [4.78, 5) is 3.13. The van der Waals surface area contributed by atoms with Gasteiger partial charge in [0, 0.05) is 18.0 Å². The van der Waals surface area contributed by atoms with E-state index in [0.29, 0.717) is 0 Å². The average Bonchev–Trinajstić information content (AvgIpc) is 2.34. The first-order chi connectivity index (χ1) is 8.74. The molecule has 0 spiro atoms. The molecule has 0 atom stereocenters. The molecule has 0 saturated heterocycles. The number of alkyl halides is 3. The third-order valence-electron chi connectivity index (χ3n) is 1.80. The Morgan fingerprint density at radius 2 is 2.05 bits per heavy atom. The van der Waals surface area contributed by atoms with Crippen LogP contribution in [0.15, 0.2) is 23.4 Å². The zero-order valence-corrected chi connectivity index (χ0v) is 10.2. The van der Waals surface area contributed by atoms with Crippen molar-refractivity contribution in [2.45, 2.75) is 11.1 Å². The van der Waals surface area contributed by atoms with E-state index in [4.69, 9.17) is 5.11 Å².